The number of hydrogen-bond donors (Lipinski definition) is 0. The van der Waals surface area contributed by atoms with Gasteiger partial charge in [0.1, 0.15) is 11.5 Å². The summed E-state index contributed by atoms with van der Waals surface area (Å²) in [5.41, 5.74) is 0.772. The van der Waals surface area contributed by atoms with Gasteiger partial charge in [0, 0.05) is 51.2 Å². The first kappa shape index (κ1) is 15.5. The lowest BCUT2D eigenvalue weighted by molar-refractivity contribution is 0.0693. The van der Waals surface area contributed by atoms with Crippen molar-refractivity contribution in [3.05, 3.63) is 42.2 Å². The van der Waals surface area contributed by atoms with Crippen molar-refractivity contribution in [1.82, 2.24) is 19.0 Å². The van der Waals surface area contributed by atoms with Gasteiger partial charge in [0.05, 0.1) is 0 Å². The number of carbonyl (C=O) groups is 1. The summed E-state index contributed by atoms with van der Waals surface area (Å²) in [6.07, 6.45) is 12.2. The van der Waals surface area contributed by atoms with Crippen LogP contribution in [0.1, 0.15) is 54.3 Å². The van der Waals surface area contributed by atoms with Crippen LogP contribution in [0, 0.1) is 5.92 Å². The van der Waals surface area contributed by atoms with Gasteiger partial charge in [-0.15, -0.1) is 0 Å². The van der Waals surface area contributed by atoms with E-state index >= 15 is 0 Å². The summed E-state index contributed by atoms with van der Waals surface area (Å²) in [5.74, 6) is 2.50. The second kappa shape index (κ2) is 6.46. The standard InChI is InChI=1S/C19H26N4O/c1-21-10-4-8-17(21)19(24)23-11-3-7-16(14-23)18-20-9-12-22(18)13-15-5-2-6-15/h4,8-10,12,15-16H,2-3,5-7,11,13-14H2,1H3/t16-/m0/s1. The maximum atomic E-state index is 12.8. The van der Waals surface area contributed by atoms with Crippen LogP contribution in [0.3, 0.4) is 0 Å². The quantitative estimate of drug-likeness (QED) is 0.867. The Hall–Kier alpha value is -2.04. The Morgan fingerprint density at radius 1 is 1.25 bits per heavy atom. The van der Waals surface area contributed by atoms with Crippen molar-refractivity contribution >= 4 is 5.91 Å². The summed E-state index contributed by atoms with van der Waals surface area (Å²) in [6, 6.07) is 3.84. The SMILES string of the molecule is Cn1cccc1C(=O)N1CCC[C@H](c2nccn2CC2CCC2)C1. The highest BCUT2D eigenvalue weighted by Crippen LogP contribution is 2.31. The zero-order chi connectivity index (χ0) is 16.5. The number of imidazole rings is 1. The first-order valence-electron chi connectivity index (χ1n) is 9.14. The predicted octanol–water partition coefficient (Wildman–Crippen LogP) is 3.04. The van der Waals surface area contributed by atoms with Gasteiger partial charge in [0.15, 0.2) is 0 Å². The van der Waals surface area contributed by atoms with Gasteiger partial charge in [-0.25, -0.2) is 4.98 Å². The van der Waals surface area contributed by atoms with E-state index in [1.807, 2.05) is 41.0 Å². The molecule has 0 spiro atoms. The lowest BCUT2D eigenvalue weighted by atomic mass is 9.85. The largest absolute Gasteiger partial charge is 0.347 e. The van der Waals surface area contributed by atoms with Crippen LogP contribution >= 0.6 is 0 Å². The van der Waals surface area contributed by atoms with Gasteiger partial charge < -0.3 is 14.0 Å². The number of likely N-dealkylation sites (tertiary alicyclic amines) is 1. The molecule has 1 atom stereocenters. The summed E-state index contributed by atoms with van der Waals surface area (Å²) < 4.78 is 4.24. The van der Waals surface area contributed by atoms with Crippen molar-refractivity contribution in [2.45, 2.75) is 44.6 Å². The summed E-state index contributed by atoms with van der Waals surface area (Å²) in [5, 5.41) is 0. The Morgan fingerprint density at radius 2 is 2.12 bits per heavy atom. The number of piperidine rings is 1. The highest BCUT2D eigenvalue weighted by atomic mass is 16.2. The molecule has 1 aliphatic heterocycles. The minimum atomic E-state index is 0.143. The van der Waals surface area contributed by atoms with E-state index in [0.717, 1.165) is 44.1 Å². The highest BCUT2D eigenvalue weighted by molar-refractivity contribution is 5.92. The second-order valence-electron chi connectivity index (χ2n) is 7.33. The second-order valence-corrected chi connectivity index (χ2v) is 7.33. The average Bonchev–Trinajstić information content (AvgIpc) is 3.19. The molecule has 1 amide bonds. The number of aryl methyl sites for hydroxylation is 1. The molecule has 128 valence electrons. The fourth-order valence-corrected chi connectivity index (χ4v) is 4.01. The molecule has 4 rings (SSSR count). The molecule has 0 N–H and O–H groups in total. The summed E-state index contributed by atoms with van der Waals surface area (Å²) in [7, 11) is 1.93. The summed E-state index contributed by atoms with van der Waals surface area (Å²) in [6.45, 7) is 2.73. The van der Waals surface area contributed by atoms with Crippen molar-refractivity contribution in [3.63, 3.8) is 0 Å². The molecular weight excluding hydrogens is 300 g/mol. The average molecular weight is 326 g/mol. The van der Waals surface area contributed by atoms with Crippen molar-refractivity contribution in [3.8, 4) is 0 Å². The molecule has 2 fully saturated rings. The van der Waals surface area contributed by atoms with Crippen LogP contribution in [0.15, 0.2) is 30.7 Å². The molecule has 2 aromatic rings. The van der Waals surface area contributed by atoms with Gasteiger partial charge >= 0.3 is 0 Å². The van der Waals surface area contributed by atoms with E-state index in [-0.39, 0.29) is 5.91 Å². The van der Waals surface area contributed by atoms with Crippen LogP contribution in [0.2, 0.25) is 0 Å². The normalized spacial score (nSPS) is 21.7. The van der Waals surface area contributed by atoms with Gasteiger partial charge in [-0.1, -0.05) is 6.42 Å². The van der Waals surface area contributed by atoms with Gasteiger partial charge in [-0.2, -0.15) is 0 Å². The monoisotopic (exact) mass is 326 g/mol. The molecule has 0 aromatic carbocycles. The van der Waals surface area contributed by atoms with E-state index in [4.69, 9.17) is 0 Å². The van der Waals surface area contributed by atoms with Gasteiger partial charge in [-0.3, -0.25) is 4.79 Å². The van der Waals surface area contributed by atoms with Crippen molar-refractivity contribution < 1.29 is 4.79 Å². The van der Waals surface area contributed by atoms with Crippen molar-refractivity contribution in [2.24, 2.45) is 13.0 Å². The molecule has 1 aliphatic carbocycles. The Kier molecular flexibility index (Phi) is 4.17. The fraction of sp³-hybridized carbons (Fsp3) is 0.579. The third-order valence-corrected chi connectivity index (χ3v) is 5.66. The van der Waals surface area contributed by atoms with Gasteiger partial charge in [0.2, 0.25) is 0 Å². The summed E-state index contributed by atoms with van der Waals surface area (Å²) >= 11 is 0. The van der Waals surface area contributed by atoms with E-state index in [2.05, 4.69) is 15.7 Å². The van der Waals surface area contributed by atoms with Crippen LogP contribution in [0.4, 0.5) is 0 Å². The molecule has 5 heteroatoms. The first-order valence-corrected chi connectivity index (χ1v) is 9.14. The van der Waals surface area contributed by atoms with Crippen LogP contribution in [0.25, 0.3) is 0 Å². The Labute approximate surface area is 143 Å². The van der Waals surface area contributed by atoms with E-state index in [0.29, 0.717) is 5.92 Å². The first-order chi connectivity index (χ1) is 11.7. The third-order valence-electron chi connectivity index (χ3n) is 5.66. The number of hydrogen-bond acceptors (Lipinski definition) is 2. The Balaban J connectivity index is 1.48. The maximum Gasteiger partial charge on any atom is 0.270 e. The topological polar surface area (TPSA) is 43.1 Å². The molecule has 1 saturated heterocycles. The van der Waals surface area contributed by atoms with Crippen LogP contribution in [-0.2, 0) is 13.6 Å². The predicted molar refractivity (Wildman–Crippen MR) is 92.9 cm³/mol. The van der Waals surface area contributed by atoms with Crippen LogP contribution in [0.5, 0.6) is 0 Å². The fourth-order valence-electron chi connectivity index (χ4n) is 4.01. The van der Waals surface area contributed by atoms with Crippen molar-refractivity contribution in [2.75, 3.05) is 13.1 Å². The Morgan fingerprint density at radius 3 is 2.83 bits per heavy atom. The minimum absolute atomic E-state index is 0.143. The number of carbonyl (C=O) groups excluding carboxylic acids is 1. The zero-order valence-electron chi connectivity index (χ0n) is 14.4. The molecule has 0 radical (unpaired) electrons. The lowest BCUT2D eigenvalue weighted by Crippen LogP contribution is -2.40. The molecule has 24 heavy (non-hydrogen) atoms. The number of nitrogens with zero attached hydrogens (tertiary/aromatic N) is 4. The minimum Gasteiger partial charge on any atom is -0.347 e. The van der Waals surface area contributed by atoms with E-state index in [1.165, 1.54) is 25.1 Å². The van der Waals surface area contributed by atoms with Crippen LogP contribution < -0.4 is 0 Å². The highest BCUT2D eigenvalue weighted by Gasteiger charge is 2.29. The van der Waals surface area contributed by atoms with Gasteiger partial charge in [-0.05, 0) is 43.7 Å². The number of rotatable bonds is 4. The third kappa shape index (κ3) is 2.87. The molecule has 2 aromatic heterocycles. The molecular formula is C19H26N4O. The lowest BCUT2D eigenvalue weighted by Gasteiger charge is -2.33. The molecule has 0 unspecified atom stereocenters. The van der Waals surface area contributed by atoms with E-state index in [1.54, 1.807) is 0 Å². The molecule has 2 aliphatic rings. The van der Waals surface area contributed by atoms with E-state index in [9.17, 15) is 4.79 Å². The molecule has 5 nitrogen and oxygen atoms in total. The molecule has 1 saturated carbocycles. The van der Waals surface area contributed by atoms with Crippen molar-refractivity contribution in [1.29, 1.82) is 0 Å². The van der Waals surface area contributed by atoms with Gasteiger partial charge in [0.25, 0.3) is 5.91 Å². The van der Waals surface area contributed by atoms with E-state index < -0.39 is 0 Å². The molecule has 3 heterocycles. The Bertz CT molecular complexity index is 713. The smallest absolute Gasteiger partial charge is 0.270 e. The summed E-state index contributed by atoms with van der Waals surface area (Å²) in [4.78, 5) is 19.4. The molecule has 0 bridgehead atoms. The van der Waals surface area contributed by atoms with Crippen LogP contribution in [-0.4, -0.2) is 38.0 Å². The maximum absolute atomic E-state index is 12.8. The number of amides is 1. The zero-order valence-corrected chi connectivity index (χ0v) is 14.4. The number of aromatic nitrogens is 3.